The third-order valence-corrected chi connectivity index (χ3v) is 4.90. The first kappa shape index (κ1) is 18.5. The lowest BCUT2D eigenvalue weighted by atomic mass is 9.86. The maximum Gasteiger partial charge on any atom is 0.255 e. The van der Waals surface area contributed by atoms with Crippen molar-refractivity contribution in [2.75, 3.05) is 25.5 Å². The highest BCUT2D eigenvalue weighted by Gasteiger charge is 2.27. The second kappa shape index (κ2) is 8.29. The molecule has 0 radical (unpaired) electrons. The van der Waals surface area contributed by atoms with Crippen LogP contribution in [-0.2, 0) is 4.79 Å². The van der Waals surface area contributed by atoms with E-state index in [1.54, 1.807) is 38.1 Å². The number of nitrogens with zero attached hydrogens (tertiary/aromatic N) is 2. The molecule has 2 amide bonds. The number of carbonyl (C=O) groups is 2. The molecule has 0 aliphatic heterocycles. The van der Waals surface area contributed by atoms with Crippen LogP contribution in [0.25, 0.3) is 0 Å². The van der Waals surface area contributed by atoms with Gasteiger partial charge < -0.3 is 14.9 Å². The Bertz CT molecular complexity index is 588. The van der Waals surface area contributed by atoms with Crippen LogP contribution in [0, 0.1) is 5.92 Å². The number of aliphatic hydroxyl groups excluding tert-OH is 1. The first-order valence-corrected chi connectivity index (χ1v) is 8.74. The Morgan fingerprint density at radius 2 is 1.83 bits per heavy atom. The monoisotopic (exact) mass is 332 g/mol. The van der Waals surface area contributed by atoms with E-state index in [2.05, 4.69) is 0 Å². The summed E-state index contributed by atoms with van der Waals surface area (Å²) in [5.41, 5.74) is 1.15. The first-order valence-electron chi connectivity index (χ1n) is 8.74. The summed E-state index contributed by atoms with van der Waals surface area (Å²) in [6.07, 6.45) is 4.00. The van der Waals surface area contributed by atoms with Crippen LogP contribution in [0.1, 0.15) is 49.4 Å². The molecule has 0 spiro atoms. The lowest BCUT2D eigenvalue weighted by molar-refractivity contribution is -0.118. The topological polar surface area (TPSA) is 60.9 Å². The molecule has 24 heavy (non-hydrogen) atoms. The van der Waals surface area contributed by atoms with Crippen molar-refractivity contribution >= 4 is 17.5 Å². The van der Waals surface area contributed by atoms with Crippen molar-refractivity contribution in [2.24, 2.45) is 5.92 Å². The predicted molar refractivity (Wildman–Crippen MR) is 95.1 cm³/mol. The summed E-state index contributed by atoms with van der Waals surface area (Å²) in [7, 11) is 3.46. The fraction of sp³-hybridized carbons (Fsp3) is 0.579. The Morgan fingerprint density at radius 3 is 2.50 bits per heavy atom. The average Bonchev–Trinajstić information content (AvgIpc) is 2.61. The Kier molecular flexibility index (Phi) is 6.37. The molecule has 0 heterocycles. The Morgan fingerprint density at radius 1 is 1.17 bits per heavy atom. The van der Waals surface area contributed by atoms with Crippen LogP contribution in [0.15, 0.2) is 24.3 Å². The van der Waals surface area contributed by atoms with E-state index in [4.69, 9.17) is 0 Å². The third kappa shape index (κ3) is 4.15. The number of hydrogen-bond acceptors (Lipinski definition) is 3. The third-order valence-electron chi connectivity index (χ3n) is 4.90. The van der Waals surface area contributed by atoms with Gasteiger partial charge in [0, 0.05) is 33.0 Å². The number of anilines is 1. The molecule has 5 nitrogen and oxygen atoms in total. The number of para-hydroxylation sites is 1. The number of amides is 2. The molecule has 5 heteroatoms. The number of aliphatic hydroxyl groups is 1. The van der Waals surface area contributed by atoms with Crippen molar-refractivity contribution in [3.05, 3.63) is 29.8 Å². The minimum atomic E-state index is -0.325. The SMILES string of the molecule is CCC(=O)N(C)c1ccccc1C(=O)N(C)CC1CCCCC1O. The Hall–Kier alpha value is -1.88. The Balaban J connectivity index is 2.15. The van der Waals surface area contributed by atoms with Crippen LogP contribution in [0.2, 0.25) is 0 Å². The smallest absolute Gasteiger partial charge is 0.255 e. The average molecular weight is 332 g/mol. The van der Waals surface area contributed by atoms with E-state index in [1.165, 1.54) is 4.90 Å². The molecule has 0 aromatic heterocycles. The van der Waals surface area contributed by atoms with E-state index in [0.717, 1.165) is 25.7 Å². The molecule has 1 saturated carbocycles. The van der Waals surface area contributed by atoms with Crippen molar-refractivity contribution in [3.63, 3.8) is 0 Å². The van der Waals surface area contributed by atoms with Gasteiger partial charge >= 0.3 is 0 Å². The van der Waals surface area contributed by atoms with Gasteiger partial charge in [0.15, 0.2) is 0 Å². The number of hydrogen-bond donors (Lipinski definition) is 1. The normalized spacial score (nSPS) is 20.5. The summed E-state index contributed by atoms with van der Waals surface area (Å²) >= 11 is 0. The Labute approximate surface area is 144 Å². The molecule has 1 aliphatic carbocycles. The number of benzene rings is 1. The minimum Gasteiger partial charge on any atom is -0.393 e. The summed E-state index contributed by atoms with van der Waals surface area (Å²) in [5.74, 6) is -0.00500. The standard InChI is InChI=1S/C19H28N2O3/c1-4-18(23)21(3)16-11-7-6-10-15(16)19(24)20(2)13-14-9-5-8-12-17(14)22/h6-7,10-11,14,17,22H,4-5,8-9,12-13H2,1-3H3. The van der Waals surface area contributed by atoms with Gasteiger partial charge in [-0.1, -0.05) is 31.9 Å². The molecule has 2 unspecified atom stereocenters. The zero-order valence-corrected chi connectivity index (χ0v) is 14.9. The van der Waals surface area contributed by atoms with E-state index in [-0.39, 0.29) is 23.8 Å². The second-order valence-corrected chi connectivity index (χ2v) is 6.62. The van der Waals surface area contributed by atoms with E-state index in [9.17, 15) is 14.7 Å². The van der Waals surface area contributed by atoms with Crippen molar-refractivity contribution in [3.8, 4) is 0 Å². The molecule has 2 rings (SSSR count). The molecular weight excluding hydrogens is 304 g/mol. The highest BCUT2D eigenvalue weighted by Crippen LogP contribution is 2.26. The van der Waals surface area contributed by atoms with Gasteiger partial charge in [0.1, 0.15) is 0 Å². The van der Waals surface area contributed by atoms with Gasteiger partial charge in [-0.3, -0.25) is 9.59 Å². The van der Waals surface area contributed by atoms with Crippen molar-refractivity contribution in [1.29, 1.82) is 0 Å². The molecule has 1 N–H and O–H groups in total. The van der Waals surface area contributed by atoms with Crippen molar-refractivity contribution in [1.82, 2.24) is 4.90 Å². The maximum absolute atomic E-state index is 12.9. The van der Waals surface area contributed by atoms with Gasteiger partial charge in [-0.15, -0.1) is 0 Å². The van der Waals surface area contributed by atoms with Crippen LogP contribution in [0.5, 0.6) is 0 Å². The van der Waals surface area contributed by atoms with Gasteiger partial charge in [-0.25, -0.2) is 0 Å². The molecule has 2 atom stereocenters. The molecule has 0 saturated heterocycles. The summed E-state index contributed by atoms with van der Waals surface area (Å²) in [6.45, 7) is 2.35. The van der Waals surface area contributed by atoms with E-state index >= 15 is 0 Å². The first-order chi connectivity index (χ1) is 11.5. The van der Waals surface area contributed by atoms with Crippen LogP contribution in [0.3, 0.4) is 0 Å². The van der Waals surface area contributed by atoms with E-state index < -0.39 is 0 Å². The molecule has 1 fully saturated rings. The highest BCUT2D eigenvalue weighted by atomic mass is 16.3. The predicted octanol–water partition coefficient (Wildman–Crippen LogP) is 2.68. The quantitative estimate of drug-likeness (QED) is 0.902. The molecule has 0 bridgehead atoms. The zero-order chi connectivity index (χ0) is 17.7. The lowest BCUT2D eigenvalue weighted by Crippen LogP contribution is -2.38. The minimum absolute atomic E-state index is 0.0272. The summed E-state index contributed by atoms with van der Waals surface area (Å²) in [4.78, 5) is 28.1. The van der Waals surface area contributed by atoms with E-state index in [0.29, 0.717) is 24.2 Å². The highest BCUT2D eigenvalue weighted by molar-refractivity contribution is 6.04. The van der Waals surface area contributed by atoms with Gasteiger partial charge in [-0.2, -0.15) is 0 Å². The largest absolute Gasteiger partial charge is 0.393 e. The van der Waals surface area contributed by atoms with Crippen molar-refractivity contribution < 1.29 is 14.7 Å². The van der Waals surface area contributed by atoms with Crippen LogP contribution in [0.4, 0.5) is 5.69 Å². The summed E-state index contributed by atoms with van der Waals surface area (Å²) in [6, 6.07) is 7.19. The molecule has 1 aromatic carbocycles. The van der Waals surface area contributed by atoms with Crippen LogP contribution in [-0.4, -0.2) is 48.6 Å². The molecular formula is C19H28N2O3. The summed E-state index contributed by atoms with van der Waals surface area (Å²) < 4.78 is 0. The maximum atomic E-state index is 12.9. The molecule has 132 valence electrons. The fourth-order valence-corrected chi connectivity index (χ4v) is 3.36. The lowest BCUT2D eigenvalue weighted by Gasteiger charge is -2.31. The van der Waals surface area contributed by atoms with Gasteiger partial charge in [0.25, 0.3) is 5.91 Å². The molecule has 1 aromatic rings. The van der Waals surface area contributed by atoms with Gasteiger partial charge in [-0.05, 0) is 25.0 Å². The zero-order valence-electron chi connectivity index (χ0n) is 14.9. The number of rotatable bonds is 5. The van der Waals surface area contributed by atoms with Gasteiger partial charge in [0.05, 0.1) is 17.4 Å². The number of carbonyl (C=O) groups excluding carboxylic acids is 2. The van der Waals surface area contributed by atoms with Gasteiger partial charge in [0.2, 0.25) is 5.91 Å². The fourth-order valence-electron chi connectivity index (χ4n) is 3.36. The molecule has 1 aliphatic rings. The summed E-state index contributed by atoms with van der Waals surface area (Å²) in [5, 5.41) is 10.1. The second-order valence-electron chi connectivity index (χ2n) is 6.62. The van der Waals surface area contributed by atoms with Crippen LogP contribution < -0.4 is 4.90 Å². The van der Waals surface area contributed by atoms with Crippen molar-refractivity contribution in [2.45, 2.75) is 45.1 Å². The van der Waals surface area contributed by atoms with E-state index in [1.807, 2.05) is 12.1 Å². The van der Waals surface area contributed by atoms with Crippen LogP contribution >= 0.6 is 0 Å².